The predicted octanol–water partition coefficient (Wildman–Crippen LogP) is 4.45. The quantitative estimate of drug-likeness (QED) is 0.509. The van der Waals surface area contributed by atoms with Crippen LogP contribution in [-0.2, 0) is 9.53 Å². The van der Waals surface area contributed by atoms with Crippen LogP contribution in [0.15, 0.2) is 73.1 Å². The molecule has 2 fully saturated rings. The van der Waals surface area contributed by atoms with Gasteiger partial charge in [-0.15, -0.1) is 0 Å². The van der Waals surface area contributed by atoms with Gasteiger partial charge in [-0.25, -0.2) is 4.79 Å². The van der Waals surface area contributed by atoms with E-state index in [1.165, 1.54) is 0 Å². The van der Waals surface area contributed by atoms with Crippen LogP contribution < -0.4 is 10.2 Å². The lowest BCUT2D eigenvalue weighted by Gasteiger charge is -2.40. The molecular formula is C28H35N5O3. The molecule has 190 valence electrons. The molecule has 0 saturated carbocycles. The van der Waals surface area contributed by atoms with Gasteiger partial charge in [-0.05, 0) is 50.0 Å². The van der Waals surface area contributed by atoms with Crippen molar-refractivity contribution in [3.05, 3.63) is 73.1 Å². The normalized spacial score (nSPS) is 18.0. The molecule has 0 bridgehead atoms. The van der Waals surface area contributed by atoms with Crippen LogP contribution in [0.5, 0.6) is 0 Å². The number of carbonyl (C=O) groups is 2. The number of nitrogens with zero attached hydrogens (tertiary/aromatic N) is 3. The van der Waals surface area contributed by atoms with Crippen LogP contribution in [0.4, 0.5) is 10.5 Å². The Hall–Kier alpha value is -3.65. The summed E-state index contributed by atoms with van der Waals surface area (Å²) in [4.78, 5) is 29.5. The third-order valence-electron chi connectivity index (χ3n) is 6.72. The van der Waals surface area contributed by atoms with Gasteiger partial charge in [0.2, 0.25) is 5.91 Å². The summed E-state index contributed by atoms with van der Waals surface area (Å²) in [5, 5.41) is 9.72. The number of anilines is 1. The molecule has 4 rings (SSSR count). The van der Waals surface area contributed by atoms with Crippen LogP contribution in [0.3, 0.4) is 0 Å². The maximum atomic E-state index is 13.7. The molecule has 2 N–H and O–H groups in total. The van der Waals surface area contributed by atoms with Crippen LogP contribution in [0.25, 0.3) is 11.1 Å². The van der Waals surface area contributed by atoms with Crippen molar-refractivity contribution in [3.63, 3.8) is 0 Å². The lowest BCUT2D eigenvalue weighted by Crippen LogP contribution is -2.51. The molecule has 1 aromatic heterocycles. The average Bonchev–Trinajstić information content (AvgIpc) is 3.49. The van der Waals surface area contributed by atoms with Gasteiger partial charge in [0.1, 0.15) is 0 Å². The number of aromatic amines is 1. The number of hydrogen-bond acceptors (Lipinski definition) is 4. The SMILES string of the molecule is C=C/C(=C\C=C/CC(=O)NC(C)C)CN1C(=O)N(c2ccc(-c3cn[nH]c3)cc2)CC12CCOCC2. The van der Waals surface area contributed by atoms with Gasteiger partial charge < -0.3 is 15.0 Å². The highest BCUT2D eigenvalue weighted by Gasteiger charge is 2.50. The Kier molecular flexibility index (Phi) is 8.05. The van der Waals surface area contributed by atoms with Crippen molar-refractivity contribution in [1.82, 2.24) is 20.4 Å². The fourth-order valence-electron chi connectivity index (χ4n) is 4.77. The van der Waals surface area contributed by atoms with E-state index in [2.05, 4.69) is 22.1 Å². The zero-order chi connectivity index (χ0) is 25.5. The summed E-state index contributed by atoms with van der Waals surface area (Å²) in [6.45, 7) is 10.2. The van der Waals surface area contributed by atoms with Crippen LogP contribution >= 0.6 is 0 Å². The Morgan fingerprint density at radius 2 is 2.00 bits per heavy atom. The molecule has 0 atom stereocenters. The Balaban J connectivity index is 1.51. The number of hydrogen-bond donors (Lipinski definition) is 2. The Morgan fingerprint density at radius 1 is 1.25 bits per heavy atom. The highest BCUT2D eigenvalue weighted by atomic mass is 16.5. The molecule has 1 aromatic carbocycles. The van der Waals surface area contributed by atoms with E-state index in [1.54, 1.807) is 12.3 Å². The molecule has 8 heteroatoms. The molecule has 8 nitrogen and oxygen atoms in total. The Labute approximate surface area is 212 Å². The monoisotopic (exact) mass is 489 g/mol. The van der Waals surface area contributed by atoms with E-state index in [0.717, 1.165) is 35.2 Å². The van der Waals surface area contributed by atoms with Gasteiger partial charge in [0.15, 0.2) is 0 Å². The second-order valence-corrected chi connectivity index (χ2v) is 9.63. The first kappa shape index (κ1) is 25.4. The van der Waals surface area contributed by atoms with E-state index in [0.29, 0.717) is 32.7 Å². The van der Waals surface area contributed by atoms with Crippen LogP contribution in [0.1, 0.15) is 33.1 Å². The number of ether oxygens (including phenoxy) is 1. The highest BCUT2D eigenvalue weighted by molar-refractivity contribution is 5.96. The Morgan fingerprint density at radius 3 is 2.64 bits per heavy atom. The van der Waals surface area contributed by atoms with Crippen molar-refractivity contribution in [2.24, 2.45) is 0 Å². The molecular weight excluding hydrogens is 454 g/mol. The molecule has 2 saturated heterocycles. The minimum absolute atomic E-state index is 0.0130. The first-order chi connectivity index (χ1) is 17.4. The van der Waals surface area contributed by atoms with E-state index in [1.807, 2.05) is 72.3 Å². The third kappa shape index (κ3) is 5.76. The minimum atomic E-state index is -0.290. The van der Waals surface area contributed by atoms with Gasteiger partial charge in [-0.2, -0.15) is 5.10 Å². The maximum Gasteiger partial charge on any atom is 0.325 e. The molecule has 0 radical (unpaired) electrons. The third-order valence-corrected chi connectivity index (χ3v) is 6.72. The summed E-state index contributed by atoms with van der Waals surface area (Å²) < 4.78 is 5.65. The van der Waals surface area contributed by atoms with Gasteiger partial charge in [0.05, 0.1) is 18.3 Å². The number of benzene rings is 1. The number of urea groups is 1. The number of H-pyrrole nitrogens is 1. The van der Waals surface area contributed by atoms with E-state index < -0.39 is 0 Å². The number of nitrogens with one attached hydrogen (secondary N) is 2. The highest BCUT2D eigenvalue weighted by Crippen LogP contribution is 2.38. The Bertz CT molecular complexity index is 1110. The molecule has 2 aliphatic rings. The van der Waals surface area contributed by atoms with E-state index in [-0.39, 0.29) is 23.5 Å². The topological polar surface area (TPSA) is 90.6 Å². The smallest absolute Gasteiger partial charge is 0.325 e. The molecule has 0 aliphatic carbocycles. The van der Waals surface area contributed by atoms with Gasteiger partial charge in [0.25, 0.3) is 0 Å². The summed E-state index contributed by atoms with van der Waals surface area (Å²) in [6.07, 6.45) is 12.9. The summed E-state index contributed by atoms with van der Waals surface area (Å²) in [5.74, 6) is -0.0138. The minimum Gasteiger partial charge on any atom is -0.381 e. The van der Waals surface area contributed by atoms with Crippen molar-refractivity contribution in [3.8, 4) is 11.1 Å². The van der Waals surface area contributed by atoms with E-state index in [4.69, 9.17) is 4.74 Å². The number of amides is 3. The fourth-order valence-corrected chi connectivity index (χ4v) is 4.77. The van der Waals surface area contributed by atoms with Crippen molar-refractivity contribution in [2.75, 3.05) is 31.2 Å². The van der Waals surface area contributed by atoms with Crippen molar-refractivity contribution >= 4 is 17.6 Å². The standard InChI is InChI=1S/C28H35N5O3/c1-4-22(7-5-6-8-26(34)31-21(2)3)19-33-27(35)32(20-28(33)13-15-36-16-14-28)25-11-9-23(10-12-25)24-17-29-30-18-24/h4-7,9-12,17-18,21H,1,8,13-16,19-20H2,2-3H3,(H,29,30)(H,31,34)/b6-5-,22-7+. The first-order valence-electron chi connectivity index (χ1n) is 12.5. The second kappa shape index (κ2) is 11.4. The molecule has 2 aromatic rings. The predicted molar refractivity (Wildman–Crippen MR) is 142 cm³/mol. The second-order valence-electron chi connectivity index (χ2n) is 9.63. The number of carbonyl (C=O) groups excluding carboxylic acids is 2. The molecule has 0 unspecified atom stereocenters. The molecule has 3 heterocycles. The van der Waals surface area contributed by atoms with Crippen LogP contribution in [0, 0.1) is 0 Å². The number of rotatable bonds is 9. The summed E-state index contributed by atoms with van der Waals surface area (Å²) >= 11 is 0. The number of allylic oxidation sites excluding steroid dienone is 2. The fraction of sp³-hybridized carbons (Fsp3) is 0.393. The molecule has 36 heavy (non-hydrogen) atoms. The zero-order valence-electron chi connectivity index (χ0n) is 21.1. The van der Waals surface area contributed by atoms with Crippen LogP contribution in [-0.4, -0.2) is 64.9 Å². The average molecular weight is 490 g/mol. The van der Waals surface area contributed by atoms with Crippen molar-refractivity contribution < 1.29 is 14.3 Å². The summed E-state index contributed by atoms with van der Waals surface area (Å²) in [7, 11) is 0. The maximum absolute atomic E-state index is 13.7. The van der Waals surface area contributed by atoms with Crippen LogP contribution in [0.2, 0.25) is 0 Å². The van der Waals surface area contributed by atoms with Crippen molar-refractivity contribution in [1.29, 1.82) is 0 Å². The zero-order valence-corrected chi connectivity index (χ0v) is 21.1. The van der Waals surface area contributed by atoms with Gasteiger partial charge in [0, 0.05) is 49.7 Å². The molecule has 2 aliphatic heterocycles. The van der Waals surface area contributed by atoms with Gasteiger partial charge in [-0.1, -0.05) is 43.0 Å². The summed E-state index contributed by atoms with van der Waals surface area (Å²) in [6, 6.07) is 8.12. The lowest BCUT2D eigenvalue weighted by molar-refractivity contribution is -0.120. The summed E-state index contributed by atoms with van der Waals surface area (Å²) in [5.41, 5.74) is 3.56. The molecule has 3 amide bonds. The van der Waals surface area contributed by atoms with Gasteiger partial charge >= 0.3 is 6.03 Å². The largest absolute Gasteiger partial charge is 0.381 e. The van der Waals surface area contributed by atoms with Crippen molar-refractivity contribution in [2.45, 2.75) is 44.7 Å². The van der Waals surface area contributed by atoms with E-state index in [9.17, 15) is 9.59 Å². The number of aromatic nitrogens is 2. The lowest BCUT2D eigenvalue weighted by atomic mass is 9.88. The first-order valence-corrected chi connectivity index (χ1v) is 12.5. The van der Waals surface area contributed by atoms with E-state index >= 15 is 0 Å². The molecule has 1 spiro atoms. The van der Waals surface area contributed by atoms with Gasteiger partial charge in [-0.3, -0.25) is 14.8 Å².